The van der Waals surface area contributed by atoms with Crippen LogP contribution in [0.2, 0.25) is 0 Å². The highest BCUT2D eigenvalue weighted by Crippen LogP contribution is 2.30. The van der Waals surface area contributed by atoms with Crippen molar-refractivity contribution in [2.24, 2.45) is 0 Å². The summed E-state index contributed by atoms with van der Waals surface area (Å²) < 4.78 is 47.9. The highest BCUT2D eigenvalue weighted by molar-refractivity contribution is 7.92. The largest absolute Gasteiger partial charge is 0.495 e. The standard InChI is InChI=1S/C24H22FN5O4S/c1-15-4-9-19(10-5-15)30-16(2)23(27-29-30)24(31)26-18-8-13-22(34-3)21(14-18)28-35(32,33)20-11-6-17(25)7-12-20/h4-14,28H,1-3H3,(H,26,31). The van der Waals surface area contributed by atoms with E-state index in [0.717, 1.165) is 35.5 Å². The highest BCUT2D eigenvalue weighted by atomic mass is 32.2. The van der Waals surface area contributed by atoms with Gasteiger partial charge in [-0.1, -0.05) is 22.9 Å². The van der Waals surface area contributed by atoms with E-state index in [2.05, 4.69) is 20.4 Å². The van der Waals surface area contributed by atoms with Crippen molar-refractivity contribution < 1.29 is 22.3 Å². The number of halogens is 1. The van der Waals surface area contributed by atoms with Crippen molar-refractivity contribution in [1.29, 1.82) is 0 Å². The maximum atomic E-state index is 13.2. The Balaban J connectivity index is 1.58. The lowest BCUT2D eigenvalue weighted by molar-refractivity contribution is 0.102. The van der Waals surface area contributed by atoms with Crippen LogP contribution in [0.15, 0.2) is 71.6 Å². The lowest BCUT2D eigenvalue weighted by Gasteiger charge is -2.14. The monoisotopic (exact) mass is 495 g/mol. The van der Waals surface area contributed by atoms with Crippen LogP contribution in [-0.2, 0) is 10.0 Å². The number of ether oxygens (including phenoxy) is 1. The molecule has 11 heteroatoms. The Morgan fingerprint density at radius 3 is 2.34 bits per heavy atom. The highest BCUT2D eigenvalue weighted by Gasteiger charge is 2.20. The third-order valence-electron chi connectivity index (χ3n) is 5.21. The van der Waals surface area contributed by atoms with E-state index in [4.69, 9.17) is 4.74 Å². The van der Waals surface area contributed by atoms with E-state index in [0.29, 0.717) is 11.4 Å². The first-order chi connectivity index (χ1) is 16.7. The predicted molar refractivity (Wildman–Crippen MR) is 129 cm³/mol. The van der Waals surface area contributed by atoms with Crippen LogP contribution in [0.1, 0.15) is 21.7 Å². The second-order valence-electron chi connectivity index (χ2n) is 7.70. The number of hydrogen-bond acceptors (Lipinski definition) is 6. The number of hydrogen-bond donors (Lipinski definition) is 2. The molecule has 0 aliphatic rings. The molecular weight excluding hydrogens is 473 g/mol. The average molecular weight is 496 g/mol. The molecule has 0 atom stereocenters. The van der Waals surface area contributed by atoms with Crippen LogP contribution in [0.3, 0.4) is 0 Å². The molecule has 1 heterocycles. The van der Waals surface area contributed by atoms with E-state index in [1.54, 1.807) is 17.7 Å². The van der Waals surface area contributed by atoms with Gasteiger partial charge in [0.15, 0.2) is 5.69 Å². The summed E-state index contributed by atoms with van der Waals surface area (Å²) in [6.45, 7) is 3.70. The van der Waals surface area contributed by atoms with Gasteiger partial charge in [0.25, 0.3) is 15.9 Å². The Labute approximate surface area is 201 Å². The zero-order valence-electron chi connectivity index (χ0n) is 19.1. The van der Waals surface area contributed by atoms with Gasteiger partial charge in [-0.2, -0.15) is 0 Å². The number of benzene rings is 3. The molecule has 1 amide bonds. The normalized spacial score (nSPS) is 11.2. The quantitative estimate of drug-likeness (QED) is 0.399. The molecule has 180 valence electrons. The third-order valence-corrected chi connectivity index (χ3v) is 6.60. The number of rotatable bonds is 7. The van der Waals surface area contributed by atoms with Gasteiger partial charge in [-0.25, -0.2) is 17.5 Å². The molecular formula is C24H22FN5O4S. The van der Waals surface area contributed by atoms with Crippen molar-refractivity contribution in [3.8, 4) is 11.4 Å². The van der Waals surface area contributed by atoms with Gasteiger partial charge < -0.3 is 10.1 Å². The molecule has 0 radical (unpaired) electrons. The zero-order valence-corrected chi connectivity index (χ0v) is 19.9. The molecule has 0 saturated heterocycles. The number of aromatic nitrogens is 3. The van der Waals surface area contributed by atoms with Gasteiger partial charge in [0.05, 0.1) is 29.1 Å². The Morgan fingerprint density at radius 1 is 1.00 bits per heavy atom. The second-order valence-corrected chi connectivity index (χ2v) is 9.38. The molecule has 0 spiro atoms. The first-order valence-electron chi connectivity index (χ1n) is 10.4. The summed E-state index contributed by atoms with van der Waals surface area (Å²) >= 11 is 0. The molecule has 2 N–H and O–H groups in total. The number of aryl methyl sites for hydroxylation is 1. The van der Waals surface area contributed by atoms with Gasteiger partial charge >= 0.3 is 0 Å². The lowest BCUT2D eigenvalue weighted by Crippen LogP contribution is -2.16. The average Bonchev–Trinajstić information content (AvgIpc) is 3.21. The van der Waals surface area contributed by atoms with Crippen LogP contribution < -0.4 is 14.8 Å². The van der Waals surface area contributed by atoms with Gasteiger partial charge in [0, 0.05) is 5.69 Å². The van der Waals surface area contributed by atoms with Crippen LogP contribution in [0.5, 0.6) is 5.75 Å². The molecule has 0 fully saturated rings. The first kappa shape index (κ1) is 23.9. The molecule has 35 heavy (non-hydrogen) atoms. The molecule has 9 nitrogen and oxygen atoms in total. The summed E-state index contributed by atoms with van der Waals surface area (Å²) in [7, 11) is -2.65. The first-order valence-corrected chi connectivity index (χ1v) is 11.9. The van der Waals surface area contributed by atoms with E-state index in [1.165, 1.54) is 19.2 Å². The molecule has 3 aromatic carbocycles. The fraction of sp³-hybridized carbons (Fsp3) is 0.125. The van der Waals surface area contributed by atoms with E-state index >= 15 is 0 Å². The van der Waals surface area contributed by atoms with E-state index in [-0.39, 0.29) is 22.0 Å². The van der Waals surface area contributed by atoms with Crippen molar-refractivity contribution in [1.82, 2.24) is 15.0 Å². The molecule has 0 unspecified atom stereocenters. The number of anilines is 2. The Morgan fingerprint density at radius 2 is 1.69 bits per heavy atom. The van der Waals surface area contributed by atoms with Crippen LogP contribution in [0, 0.1) is 19.7 Å². The summed E-state index contributed by atoms with van der Waals surface area (Å²) in [6.07, 6.45) is 0. The number of nitrogens with one attached hydrogen (secondary N) is 2. The minimum Gasteiger partial charge on any atom is -0.495 e. The van der Waals surface area contributed by atoms with Crippen molar-refractivity contribution in [3.05, 3.63) is 89.5 Å². The molecule has 4 aromatic rings. The molecule has 1 aromatic heterocycles. The predicted octanol–water partition coefficient (Wildman–Crippen LogP) is 4.08. The van der Waals surface area contributed by atoms with Gasteiger partial charge in [0.1, 0.15) is 11.6 Å². The van der Waals surface area contributed by atoms with Gasteiger partial charge in [0.2, 0.25) is 0 Å². The number of sulfonamides is 1. The Bertz CT molecular complexity index is 1480. The minimum atomic E-state index is -4.03. The zero-order chi connectivity index (χ0) is 25.2. The Hall–Kier alpha value is -4.25. The summed E-state index contributed by atoms with van der Waals surface area (Å²) in [5.74, 6) is -0.839. The van der Waals surface area contributed by atoms with E-state index in [9.17, 15) is 17.6 Å². The van der Waals surface area contributed by atoms with Crippen molar-refractivity contribution in [2.75, 3.05) is 17.1 Å². The number of methoxy groups -OCH3 is 1. The third kappa shape index (κ3) is 5.14. The van der Waals surface area contributed by atoms with Crippen LogP contribution >= 0.6 is 0 Å². The number of carbonyl (C=O) groups excluding carboxylic acids is 1. The molecule has 0 aliphatic heterocycles. The number of carbonyl (C=O) groups is 1. The van der Waals surface area contributed by atoms with Crippen LogP contribution in [0.25, 0.3) is 5.69 Å². The molecule has 4 rings (SSSR count). The Kier molecular flexibility index (Phi) is 6.52. The summed E-state index contributed by atoms with van der Waals surface area (Å²) in [4.78, 5) is 12.8. The number of nitrogens with zero attached hydrogens (tertiary/aromatic N) is 3. The summed E-state index contributed by atoms with van der Waals surface area (Å²) in [5, 5.41) is 10.8. The van der Waals surface area contributed by atoms with Crippen LogP contribution in [0.4, 0.5) is 15.8 Å². The van der Waals surface area contributed by atoms with Gasteiger partial charge in [-0.3, -0.25) is 9.52 Å². The fourth-order valence-electron chi connectivity index (χ4n) is 3.34. The van der Waals surface area contributed by atoms with E-state index < -0.39 is 21.7 Å². The smallest absolute Gasteiger partial charge is 0.278 e. The second kappa shape index (κ2) is 9.55. The maximum absolute atomic E-state index is 13.2. The maximum Gasteiger partial charge on any atom is 0.278 e. The van der Waals surface area contributed by atoms with Crippen LogP contribution in [-0.4, -0.2) is 36.4 Å². The van der Waals surface area contributed by atoms with E-state index in [1.807, 2.05) is 31.2 Å². The fourth-order valence-corrected chi connectivity index (χ4v) is 4.40. The number of amides is 1. The van der Waals surface area contributed by atoms with Crippen molar-refractivity contribution in [2.45, 2.75) is 18.7 Å². The molecule has 0 aliphatic carbocycles. The SMILES string of the molecule is COc1ccc(NC(=O)c2nnn(-c3ccc(C)cc3)c2C)cc1NS(=O)(=O)c1ccc(F)cc1. The summed E-state index contributed by atoms with van der Waals surface area (Å²) in [6, 6.07) is 16.5. The van der Waals surface area contributed by atoms with Gasteiger partial charge in [-0.05, 0) is 68.4 Å². The summed E-state index contributed by atoms with van der Waals surface area (Å²) in [5.41, 5.74) is 2.91. The van der Waals surface area contributed by atoms with Crippen molar-refractivity contribution >= 4 is 27.3 Å². The van der Waals surface area contributed by atoms with Gasteiger partial charge in [-0.15, -0.1) is 5.10 Å². The van der Waals surface area contributed by atoms with Crippen molar-refractivity contribution in [3.63, 3.8) is 0 Å². The molecule has 0 bridgehead atoms. The minimum absolute atomic E-state index is 0.0923. The topological polar surface area (TPSA) is 115 Å². The molecule has 0 saturated carbocycles. The lowest BCUT2D eigenvalue weighted by atomic mass is 10.2.